The van der Waals surface area contributed by atoms with Crippen LogP contribution in [0, 0.1) is 5.82 Å². The van der Waals surface area contributed by atoms with Gasteiger partial charge in [0.2, 0.25) is 0 Å². The molecule has 2 aromatic rings. The molecule has 1 heterocycles. The minimum Gasteiger partial charge on any atom is -0.277 e. The molecule has 0 aliphatic carbocycles. The fraction of sp³-hybridized carbons (Fsp3) is 0. The van der Waals surface area contributed by atoms with Gasteiger partial charge >= 0.3 is 0 Å². The highest BCUT2D eigenvalue weighted by Crippen LogP contribution is 2.38. The molecule has 0 unspecified atom stereocenters. The van der Waals surface area contributed by atoms with Crippen LogP contribution >= 0.6 is 62.1 Å². The third kappa shape index (κ3) is 3.40. The molecule has 0 amide bonds. The second-order valence-corrected chi connectivity index (χ2v) is 8.74. The van der Waals surface area contributed by atoms with Gasteiger partial charge in [0.25, 0.3) is 10.0 Å². The molecule has 108 valence electrons. The van der Waals surface area contributed by atoms with E-state index in [0.717, 1.165) is 23.5 Å². The Morgan fingerprint density at radius 1 is 1.20 bits per heavy atom. The maximum atomic E-state index is 13.1. The van der Waals surface area contributed by atoms with Crippen molar-refractivity contribution in [3.05, 3.63) is 42.2 Å². The SMILES string of the molecule is O=S(=O)(Nc1c(Cl)cc(F)cc1Br)c1cc(Cl)sc1Cl. The van der Waals surface area contributed by atoms with E-state index < -0.39 is 15.8 Å². The molecule has 2 rings (SSSR count). The summed E-state index contributed by atoms with van der Waals surface area (Å²) in [6.07, 6.45) is 0. The van der Waals surface area contributed by atoms with E-state index in [2.05, 4.69) is 20.7 Å². The Kier molecular flexibility index (Phi) is 4.88. The zero-order chi connectivity index (χ0) is 15.1. The molecule has 1 aromatic carbocycles. The van der Waals surface area contributed by atoms with E-state index >= 15 is 0 Å². The summed E-state index contributed by atoms with van der Waals surface area (Å²) >= 11 is 21.3. The monoisotopic (exact) mass is 437 g/mol. The Labute approximate surface area is 141 Å². The standard InChI is InChI=1S/C10H4BrCl3FNO2S2/c11-5-1-4(15)2-6(12)9(5)16-20(17,18)7-3-8(13)19-10(7)14/h1-3,16H. The molecule has 20 heavy (non-hydrogen) atoms. The molecule has 0 saturated heterocycles. The van der Waals surface area contributed by atoms with Gasteiger partial charge in [-0.3, -0.25) is 4.72 Å². The molecular weight excluding hydrogens is 436 g/mol. The van der Waals surface area contributed by atoms with Crippen LogP contribution in [0.3, 0.4) is 0 Å². The van der Waals surface area contributed by atoms with Crippen LogP contribution in [0.5, 0.6) is 0 Å². The van der Waals surface area contributed by atoms with Gasteiger partial charge in [-0.15, -0.1) is 11.3 Å². The molecule has 1 aromatic heterocycles. The molecule has 0 aliphatic rings. The number of hydrogen-bond donors (Lipinski definition) is 1. The summed E-state index contributed by atoms with van der Waals surface area (Å²) in [7, 11) is -3.97. The van der Waals surface area contributed by atoms with Crippen molar-refractivity contribution in [3.63, 3.8) is 0 Å². The van der Waals surface area contributed by atoms with E-state index in [9.17, 15) is 12.8 Å². The van der Waals surface area contributed by atoms with Crippen LogP contribution in [0.1, 0.15) is 0 Å². The van der Waals surface area contributed by atoms with E-state index in [0.29, 0.717) is 0 Å². The number of hydrogen-bond acceptors (Lipinski definition) is 3. The minimum atomic E-state index is -3.97. The Balaban J connectivity index is 2.46. The zero-order valence-electron chi connectivity index (χ0n) is 9.25. The van der Waals surface area contributed by atoms with Gasteiger partial charge in [-0.05, 0) is 34.1 Å². The predicted molar refractivity (Wildman–Crippen MR) is 84.3 cm³/mol. The Morgan fingerprint density at radius 2 is 1.85 bits per heavy atom. The van der Waals surface area contributed by atoms with Crippen molar-refractivity contribution in [2.75, 3.05) is 4.72 Å². The van der Waals surface area contributed by atoms with Crippen LogP contribution in [0.25, 0.3) is 0 Å². The van der Waals surface area contributed by atoms with Crippen LogP contribution < -0.4 is 4.72 Å². The molecule has 0 radical (unpaired) electrons. The smallest absolute Gasteiger partial charge is 0.264 e. The van der Waals surface area contributed by atoms with Gasteiger partial charge in [-0.2, -0.15) is 0 Å². The van der Waals surface area contributed by atoms with Crippen molar-refractivity contribution in [2.24, 2.45) is 0 Å². The largest absolute Gasteiger partial charge is 0.277 e. The number of sulfonamides is 1. The van der Waals surface area contributed by atoms with Gasteiger partial charge < -0.3 is 0 Å². The van der Waals surface area contributed by atoms with Crippen molar-refractivity contribution in [2.45, 2.75) is 4.90 Å². The van der Waals surface area contributed by atoms with Gasteiger partial charge in [0.15, 0.2) is 0 Å². The van der Waals surface area contributed by atoms with Crippen LogP contribution in [-0.2, 0) is 10.0 Å². The summed E-state index contributed by atoms with van der Waals surface area (Å²) in [6.45, 7) is 0. The first kappa shape index (κ1) is 16.3. The zero-order valence-corrected chi connectivity index (χ0v) is 14.7. The van der Waals surface area contributed by atoms with Gasteiger partial charge in [0.1, 0.15) is 15.0 Å². The summed E-state index contributed by atoms with van der Waals surface area (Å²) in [4.78, 5) is -0.165. The lowest BCUT2D eigenvalue weighted by atomic mass is 10.3. The van der Waals surface area contributed by atoms with E-state index in [1.807, 2.05) is 0 Å². The van der Waals surface area contributed by atoms with Crippen molar-refractivity contribution < 1.29 is 12.8 Å². The molecule has 0 saturated carbocycles. The predicted octanol–water partition coefficient (Wildman–Crippen LogP) is 5.41. The molecule has 0 aliphatic heterocycles. The first-order chi connectivity index (χ1) is 9.20. The topological polar surface area (TPSA) is 46.2 Å². The van der Waals surface area contributed by atoms with E-state index in [4.69, 9.17) is 34.8 Å². The average Bonchev–Trinajstić information content (AvgIpc) is 2.64. The summed E-state index contributed by atoms with van der Waals surface area (Å²) in [6, 6.07) is 3.31. The summed E-state index contributed by atoms with van der Waals surface area (Å²) in [5, 5.41) is -0.0853. The maximum absolute atomic E-state index is 13.1. The Hall–Kier alpha value is -0.0500. The average molecular weight is 440 g/mol. The Bertz CT molecular complexity index is 756. The fourth-order valence-corrected chi connectivity index (χ4v) is 5.67. The number of thiophene rings is 1. The lowest BCUT2D eigenvalue weighted by Gasteiger charge is -2.11. The third-order valence-corrected chi connectivity index (χ3v) is 6.18. The van der Waals surface area contributed by atoms with Gasteiger partial charge in [-0.1, -0.05) is 34.8 Å². The second-order valence-electron chi connectivity index (χ2n) is 3.54. The highest BCUT2D eigenvalue weighted by atomic mass is 79.9. The number of benzene rings is 1. The molecule has 0 spiro atoms. The van der Waals surface area contributed by atoms with E-state index in [1.165, 1.54) is 6.07 Å². The molecule has 0 fully saturated rings. The second kappa shape index (κ2) is 5.98. The fourth-order valence-electron chi connectivity index (χ4n) is 1.34. The normalized spacial score (nSPS) is 11.7. The molecule has 0 bridgehead atoms. The van der Waals surface area contributed by atoms with Gasteiger partial charge in [0, 0.05) is 4.47 Å². The van der Waals surface area contributed by atoms with E-state index in [1.54, 1.807) is 0 Å². The van der Waals surface area contributed by atoms with Gasteiger partial charge in [0.05, 0.1) is 15.0 Å². The summed E-state index contributed by atoms with van der Waals surface area (Å²) in [5.74, 6) is -0.596. The van der Waals surface area contributed by atoms with Crippen LogP contribution in [0.4, 0.5) is 10.1 Å². The Morgan fingerprint density at radius 3 is 2.35 bits per heavy atom. The lowest BCUT2D eigenvalue weighted by Crippen LogP contribution is -2.13. The number of halogens is 5. The quantitative estimate of drug-likeness (QED) is 0.695. The minimum absolute atomic E-state index is 0.0199. The first-order valence-corrected chi connectivity index (χ1v) is 9.05. The van der Waals surface area contributed by atoms with Crippen molar-refractivity contribution >= 4 is 77.8 Å². The molecule has 3 nitrogen and oxygen atoms in total. The first-order valence-electron chi connectivity index (χ1n) is 4.83. The summed E-state index contributed by atoms with van der Waals surface area (Å²) < 4.78 is 40.2. The van der Waals surface area contributed by atoms with Crippen molar-refractivity contribution in [1.29, 1.82) is 0 Å². The lowest BCUT2D eigenvalue weighted by molar-refractivity contribution is 0.601. The molecule has 0 atom stereocenters. The highest BCUT2D eigenvalue weighted by Gasteiger charge is 2.23. The number of rotatable bonds is 3. The molecule has 1 N–H and O–H groups in total. The summed E-state index contributed by atoms with van der Waals surface area (Å²) in [5.41, 5.74) is 0.0199. The van der Waals surface area contributed by atoms with Crippen LogP contribution in [-0.4, -0.2) is 8.42 Å². The highest BCUT2D eigenvalue weighted by molar-refractivity contribution is 9.10. The van der Waals surface area contributed by atoms with Crippen molar-refractivity contribution in [3.8, 4) is 0 Å². The van der Waals surface area contributed by atoms with Crippen LogP contribution in [0.2, 0.25) is 13.7 Å². The van der Waals surface area contributed by atoms with E-state index in [-0.39, 0.29) is 28.8 Å². The third-order valence-electron chi connectivity index (χ3n) is 2.16. The molecular formula is C10H4BrCl3FNO2S2. The van der Waals surface area contributed by atoms with Crippen LogP contribution in [0.15, 0.2) is 27.6 Å². The van der Waals surface area contributed by atoms with Crippen molar-refractivity contribution in [1.82, 2.24) is 0 Å². The number of nitrogens with one attached hydrogen (secondary N) is 1. The van der Waals surface area contributed by atoms with Gasteiger partial charge in [-0.25, -0.2) is 12.8 Å². The number of anilines is 1. The maximum Gasteiger partial charge on any atom is 0.264 e. The molecule has 10 heteroatoms.